The van der Waals surface area contributed by atoms with Crippen LogP contribution in [-0.4, -0.2) is 0 Å². The maximum absolute atomic E-state index is 3.76. The Morgan fingerprint density at radius 1 is 1.50 bits per heavy atom. The highest BCUT2D eigenvalue weighted by molar-refractivity contribution is 9.10. The molecule has 0 amide bonds. The van der Waals surface area contributed by atoms with Crippen molar-refractivity contribution in [3.63, 3.8) is 0 Å². The van der Waals surface area contributed by atoms with E-state index < -0.39 is 0 Å². The quantitative estimate of drug-likeness (QED) is 0.714. The minimum absolute atomic E-state index is 1.15. The lowest BCUT2D eigenvalue weighted by Gasteiger charge is -2.10. The molecule has 0 aliphatic rings. The summed E-state index contributed by atoms with van der Waals surface area (Å²) in [7, 11) is 0. The average molecular weight is 224 g/mol. The second kappa shape index (κ2) is 3.90. The first-order valence-electron chi connectivity index (χ1n) is 3.88. The summed E-state index contributed by atoms with van der Waals surface area (Å²) in [5.41, 5.74) is 2.54. The van der Waals surface area contributed by atoms with E-state index in [1.807, 2.05) is 12.1 Å². The van der Waals surface area contributed by atoms with Gasteiger partial charge in [-0.2, -0.15) is 0 Å². The molecule has 1 radical (unpaired) electrons. The molecule has 1 aromatic rings. The van der Waals surface area contributed by atoms with Crippen LogP contribution in [0.5, 0.6) is 0 Å². The summed E-state index contributed by atoms with van der Waals surface area (Å²) in [6.45, 7) is 7.93. The minimum Gasteiger partial charge on any atom is -0.102 e. The molecule has 0 spiro atoms. The van der Waals surface area contributed by atoms with E-state index >= 15 is 0 Å². The van der Waals surface area contributed by atoms with Gasteiger partial charge in [0.1, 0.15) is 0 Å². The Hall–Kier alpha value is -0.560. The van der Waals surface area contributed by atoms with Crippen LogP contribution in [0.15, 0.2) is 35.3 Å². The van der Waals surface area contributed by atoms with Gasteiger partial charge in [0, 0.05) is 10.4 Å². The predicted molar refractivity (Wildman–Crippen MR) is 57.1 cm³/mol. The first-order chi connectivity index (χ1) is 5.66. The van der Waals surface area contributed by atoms with E-state index in [1.165, 1.54) is 17.0 Å². The summed E-state index contributed by atoms with van der Waals surface area (Å²) in [6, 6.07) is 6.20. The number of hydrogen-bond acceptors (Lipinski definition) is 0. The normalized spacial score (nSPS) is 10.3. The average Bonchev–Trinajstić information content (AvgIpc) is 2.08. The Bertz CT molecular complexity index is 289. The van der Waals surface area contributed by atoms with E-state index in [2.05, 4.69) is 48.5 Å². The third-order valence-electron chi connectivity index (χ3n) is 2.00. The SMILES string of the molecule is C=C[C](C)c1cccc(Br)c1C. The van der Waals surface area contributed by atoms with Crippen molar-refractivity contribution in [2.75, 3.05) is 0 Å². The number of halogens is 1. The summed E-state index contributed by atoms with van der Waals surface area (Å²) in [6.07, 6.45) is 1.88. The monoisotopic (exact) mass is 223 g/mol. The van der Waals surface area contributed by atoms with Crippen LogP contribution < -0.4 is 0 Å². The summed E-state index contributed by atoms with van der Waals surface area (Å²) in [4.78, 5) is 0. The molecular formula is C11H12Br. The van der Waals surface area contributed by atoms with Crippen LogP contribution in [0.4, 0.5) is 0 Å². The van der Waals surface area contributed by atoms with Crippen LogP contribution in [0.3, 0.4) is 0 Å². The first-order valence-corrected chi connectivity index (χ1v) is 4.67. The molecule has 0 unspecified atom stereocenters. The lowest BCUT2D eigenvalue weighted by atomic mass is 9.97. The summed E-state index contributed by atoms with van der Waals surface area (Å²) >= 11 is 3.50. The van der Waals surface area contributed by atoms with Gasteiger partial charge in [0.25, 0.3) is 0 Å². The van der Waals surface area contributed by atoms with Gasteiger partial charge < -0.3 is 0 Å². The van der Waals surface area contributed by atoms with Crippen LogP contribution in [0.25, 0.3) is 0 Å². The predicted octanol–water partition coefficient (Wildman–Crippen LogP) is 3.89. The van der Waals surface area contributed by atoms with Crippen molar-refractivity contribution in [2.24, 2.45) is 0 Å². The van der Waals surface area contributed by atoms with Gasteiger partial charge >= 0.3 is 0 Å². The van der Waals surface area contributed by atoms with Gasteiger partial charge in [-0.05, 0) is 24.1 Å². The molecule has 0 aromatic heterocycles. The molecule has 0 atom stereocenters. The molecule has 0 saturated heterocycles. The van der Waals surface area contributed by atoms with E-state index in [0.29, 0.717) is 0 Å². The molecule has 0 saturated carbocycles. The third-order valence-corrected chi connectivity index (χ3v) is 2.86. The Balaban J connectivity index is 3.15. The van der Waals surface area contributed by atoms with E-state index in [4.69, 9.17) is 0 Å². The second-order valence-electron chi connectivity index (χ2n) is 2.80. The largest absolute Gasteiger partial charge is 0.102 e. The molecule has 0 N–H and O–H groups in total. The van der Waals surface area contributed by atoms with E-state index in [0.717, 1.165) is 4.47 Å². The van der Waals surface area contributed by atoms with Crippen LogP contribution >= 0.6 is 15.9 Å². The fraction of sp³-hybridized carbons (Fsp3) is 0.182. The number of allylic oxidation sites excluding steroid dienone is 1. The van der Waals surface area contributed by atoms with Crippen molar-refractivity contribution in [1.82, 2.24) is 0 Å². The smallest absolute Gasteiger partial charge is 0.0233 e. The van der Waals surface area contributed by atoms with Gasteiger partial charge in [-0.15, -0.1) is 6.58 Å². The van der Waals surface area contributed by atoms with Gasteiger partial charge in [-0.3, -0.25) is 0 Å². The van der Waals surface area contributed by atoms with Crippen molar-refractivity contribution in [2.45, 2.75) is 13.8 Å². The molecule has 0 nitrogen and oxygen atoms in total. The van der Waals surface area contributed by atoms with Crippen LogP contribution in [0, 0.1) is 12.8 Å². The molecule has 0 bridgehead atoms. The standard InChI is InChI=1S/C11H12Br/c1-4-8(2)10-6-5-7-11(12)9(10)3/h4-7H,1H2,2-3H3. The van der Waals surface area contributed by atoms with E-state index in [1.54, 1.807) is 0 Å². The van der Waals surface area contributed by atoms with Crippen molar-refractivity contribution in [3.05, 3.63) is 52.4 Å². The summed E-state index contributed by atoms with van der Waals surface area (Å²) < 4.78 is 1.15. The topological polar surface area (TPSA) is 0 Å². The molecule has 0 aliphatic heterocycles. The first kappa shape index (κ1) is 9.53. The van der Waals surface area contributed by atoms with E-state index in [-0.39, 0.29) is 0 Å². The molecule has 0 aliphatic carbocycles. The van der Waals surface area contributed by atoms with Crippen molar-refractivity contribution < 1.29 is 0 Å². The zero-order valence-corrected chi connectivity index (χ0v) is 8.98. The maximum Gasteiger partial charge on any atom is 0.0233 e. The van der Waals surface area contributed by atoms with Crippen molar-refractivity contribution in [3.8, 4) is 0 Å². The molecule has 1 heteroatoms. The lowest BCUT2D eigenvalue weighted by Crippen LogP contribution is -1.93. The highest BCUT2D eigenvalue weighted by Gasteiger charge is 2.06. The Kier molecular flexibility index (Phi) is 3.10. The highest BCUT2D eigenvalue weighted by Crippen LogP contribution is 2.25. The Labute approximate surface area is 82.4 Å². The summed E-state index contributed by atoms with van der Waals surface area (Å²) in [5, 5.41) is 0. The van der Waals surface area contributed by atoms with Crippen LogP contribution in [-0.2, 0) is 0 Å². The highest BCUT2D eigenvalue weighted by atomic mass is 79.9. The number of rotatable bonds is 2. The van der Waals surface area contributed by atoms with Gasteiger partial charge in [-0.25, -0.2) is 0 Å². The Morgan fingerprint density at radius 2 is 2.17 bits per heavy atom. The van der Waals surface area contributed by atoms with Crippen molar-refractivity contribution in [1.29, 1.82) is 0 Å². The number of benzene rings is 1. The fourth-order valence-corrected chi connectivity index (χ4v) is 1.51. The third kappa shape index (κ3) is 1.78. The van der Waals surface area contributed by atoms with Gasteiger partial charge in [-0.1, -0.05) is 41.1 Å². The molecule has 0 fully saturated rings. The van der Waals surface area contributed by atoms with Crippen LogP contribution in [0.1, 0.15) is 18.1 Å². The fourth-order valence-electron chi connectivity index (χ4n) is 1.14. The zero-order valence-electron chi connectivity index (χ0n) is 7.39. The van der Waals surface area contributed by atoms with Crippen LogP contribution in [0.2, 0.25) is 0 Å². The molecule has 63 valence electrons. The van der Waals surface area contributed by atoms with Gasteiger partial charge in [0.2, 0.25) is 0 Å². The Morgan fingerprint density at radius 3 is 2.75 bits per heavy atom. The lowest BCUT2D eigenvalue weighted by molar-refractivity contribution is 1.20. The second-order valence-corrected chi connectivity index (χ2v) is 3.65. The minimum atomic E-state index is 1.15. The van der Waals surface area contributed by atoms with Crippen molar-refractivity contribution >= 4 is 15.9 Å². The maximum atomic E-state index is 3.76. The molecular weight excluding hydrogens is 212 g/mol. The molecule has 12 heavy (non-hydrogen) atoms. The number of hydrogen-bond donors (Lipinski definition) is 0. The van der Waals surface area contributed by atoms with Gasteiger partial charge in [0.05, 0.1) is 0 Å². The molecule has 1 rings (SSSR count). The summed E-state index contributed by atoms with van der Waals surface area (Å²) in [5.74, 6) is 1.22. The zero-order chi connectivity index (χ0) is 9.14. The van der Waals surface area contributed by atoms with Gasteiger partial charge in [0.15, 0.2) is 0 Å². The van der Waals surface area contributed by atoms with E-state index in [9.17, 15) is 0 Å². The molecule has 0 heterocycles. The molecule has 1 aromatic carbocycles.